The van der Waals surface area contributed by atoms with E-state index >= 15 is 0 Å². The third-order valence-electron chi connectivity index (χ3n) is 1.70. The summed E-state index contributed by atoms with van der Waals surface area (Å²) in [5, 5.41) is 6.35. The van der Waals surface area contributed by atoms with Gasteiger partial charge in [-0.25, -0.2) is 4.98 Å². The molecule has 0 radical (unpaired) electrons. The molecule has 0 saturated carbocycles. The Labute approximate surface area is 83.1 Å². The number of methoxy groups -OCH3 is 1. The first-order valence-corrected chi connectivity index (χ1v) is 5.34. The molecule has 0 fully saturated rings. The van der Waals surface area contributed by atoms with Crippen LogP contribution in [0.4, 0.5) is 5.13 Å². The molecule has 0 aliphatic rings. The van der Waals surface area contributed by atoms with Crippen molar-refractivity contribution < 1.29 is 4.74 Å². The zero-order valence-electron chi connectivity index (χ0n) is 8.33. The molecular weight excluding hydrogens is 184 g/mol. The van der Waals surface area contributed by atoms with Gasteiger partial charge in [-0.3, -0.25) is 0 Å². The van der Waals surface area contributed by atoms with Crippen LogP contribution in [0.2, 0.25) is 0 Å². The SMILES string of the molecule is CCc1csc(NC(C)COC)n1. The number of hydrogen-bond acceptors (Lipinski definition) is 4. The van der Waals surface area contributed by atoms with Gasteiger partial charge in [0.05, 0.1) is 12.3 Å². The van der Waals surface area contributed by atoms with E-state index in [0.717, 1.165) is 17.2 Å². The molecule has 1 heterocycles. The maximum Gasteiger partial charge on any atom is 0.183 e. The summed E-state index contributed by atoms with van der Waals surface area (Å²) in [7, 11) is 1.71. The van der Waals surface area contributed by atoms with Crippen molar-refractivity contribution >= 4 is 16.5 Å². The molecule has 13 heavy (non-hydrogen) atoms. The Hall–Kier alpha value is -0.610. The maximum atomic E-state index is 5.02. The summed E-state index contributed by atoms with van der Waals surface area (Å²) in [6, 6.07) is 0.320. The van der Waals surface area contributed by atoms with Crippen molar-refractivity contribution in [1.29, 1.82) is 0 Å². The molecular formula is C9H16N2OS. The van der Waals surface area contributed by atoms with E-state index in [0.29, 0.717) is 12.6 Å². The Bertz CT molecular complexity index is 250. The number of aryl methyl sites for hydroxylation is 1. The number of ether oxygens (including phenoxy) is 1. The third kappa shape index (κ3) is 3.32. The minimum Gasteiger partial charge on any atom is -0.383 e. The smallest absolute Gasteiger partial charge is 0.183 e. The largest absolute Gasteiger partial charge is 0.383 e. The molecule has 1 aromatic rings. The van der Waals surface area contributed by atoms with E-state index in [1.54, 1.807) is 18.4 Å². The van der Waals surface area contributed by atoms with Gasteiger partial charge in [0.15, 0.2) is 5.13 Å². The van der Waals surface area contributed by atoms with E-state index in [9.17, 15) is 0 Å². The number of aromatic nitrogens is 1. The summed E-state index contributed by atoms with van der Waals surface area (Å²) in [5.74, 6) is 0. The lowest BCUT2D eigenvalue weighted by Crippen LogP contribution is -2.20. The fourth-order valence-electron chi connectivity index (χ4n) is 1.04. The highest BCUT2D eigenvalue weighted by Gasteiger charge is 2.04. The number of hydrogen-bond donors (Lipinski definition) is 1. The van der Waals surface area contributed by atoms with Crippen LogP contribution in [0.3, 0.4) is 0 Å². The lowest BCUT2D eigenvalue weighted by molar-refractivity contribution is 0.190. The molecule has 1 rings (SSSR count). The normalized spacial score (nSPS) is 12.8. The number of nitrogens with zero attached hydrogens (tertiary/aromatic N) is 1. The molecule has 0 saturated heterocycles. The van der Waals surface area contributed by atoms with Crippen LogP contribution >= 0.6 is 11.3 Å². The minimum absolute atomic E-state index is 0.320. The summed E-state index contributed by atoms with van der Waals surface area (Å²) in [5.41, 5.74) is 1.15. The Kier molecular flexibility index (Phi) is 4.18. The number of rotatable bonds is 5. The predicted octanol–water partition coefficient (Wildman–Crippen LogP) is 2.15. The molecule has 1 unspecified atom stereocenters. The summed E-state index contributed by atoms with van der Waals surface area (Å²) in [6.45, 7) is 4.90. The highest BCUT2D eigenvalue weighted by molar-refractivity contribution is 7.13. The molecule has 0 spiro atoms. The van der Waals surface area contributed by atoms with Crippen LogP contribution < -0.4 is 5.32 Å². The Morgan fingerprint density at radius 1 is 1.69 bits per heavy atom. The van der Waals surface area contributed by atoms with Crippen LogP contribution in [-0.4, -0.2) is 24.7 Å². The molecule has 1 N–H and O–H groups in total. The van der Waals surface area contributed by atoms with Gasteiger partial charge in [0.25, 0.3) is 0 Å². The molecule has 4 heteroatoms. The lowest BCUT2D eigenvalue weighted by Gasteiger charge is -2.10. The molecule has 3 nitrogen and oxygen atoms in total. The van der Waals surface area contributed by atoms with E-state index in [1.165, 1.54) is 0 Å². The van der Waals surface area contributed by atoms with Crippen LogP contribution in [-0.2, 0) is 11.2 Å². The first-order chi connectivity index (χ1) is 6.26. The van der Waals surface area contributed by atoms with Crippen molar-refractivity contribution in [2.45, 2.75) is 26.3 Å². The molecule has 0 amide bonds. The molecule has 0 bridgehead atoms. The second kappa shape index (κ2) is 5.19. The van der Waals surface area contributed by atoms with Gasteiger partial charge in [-0.05, 0) is 13.3 Å². The van der Waals surface area contributed by atoms with Crippen molar-refractivity contribution in [3.05, 3.63) is 11.1 Å². The van der Waals surface area contributed by atoms with Crippen molar-refractivity contribution in [3.8, 4) is 0 Å². The first-order valence-electron chi connectivity index (χ1n) is 4.46. The highest BCUT2D eigenvalue weighted by Crippen LogP contribution is 2.16. The van der Waals surface area contributed by atoms with Crippen LogP contribution in [0.1, 0.15) is 19.5 Å². The molecule has 1 atom stereocenters. The standard InChI is InChI=1S/C9H16N2OS/c1-4-8-6-13-9(11-8)10-7(2)5-12-3/h6-7H,4-5H2,1-3H3,(H,10,11). The van der Waals surface area contributed by atoms with Gasteiger partial charge in [-0.1, -0.05) is 6.92 Å². The van der Waals surface area contributed by atoms with E-state index in [1.807, 2.05) is 0 Å². The van der Waals surface area contributed by atoms with E-state index in [2.05, 4.69) is 29.5 Å². The summed E-state index contributed by atoms with van der Waals surface area (Å²) in [6.07, 6.45) is 0.997. The zero-order chi connectivity index (χ0) is 9.68. The Morgan fingerprint density at radius 2 is 2.46 bits per heavy atom. The van der Waals surface area contributed by atoms with Crippen molar-refractivity contribution in [2.24, 2.45) is 0 Å². The number of anilines is 1. The van der Waals surface area contributed by atoms with Gasteiger partial charge in [-0.15, -0.1) is 11.3 Å². The van der Waals surface area contributed by atoms with Crippen molar-refractivity contribution in [2.75, 3.05) is 19.0 Å². The zero-order valence-corrected chi connectivity index (χ0v) is 9.15. The van der Waals surface area contributed by atoms with Crippen LogP contribution in [0, 0.1) is 0 Å². The average molecular weight is 200 g/mol. The summed E-state index contributed by atoms with van der Waals surface area (Å²) < 4.78 is 5.02. The van der Waals surface area contributed by atoms with Crippen LogP contribution in [0.5, 0.6) is 0 Å². The van der Waals surface area contributed by atoms with Crippen molar-refractivity contribution in [3.63, 3.8) is 0 Å². The second-order valence-electron chi connectivity index (χ2n) is 3.00. The molecule has 74 valence electrons. The Morgan fingerprint density at radius 3 is 3.00 bits per heavy atom. The van der Waals surface area contributed by atoms with E-state index < -0.39 is 0 Å². The Balaban J connectivity index is 2.44. The second-order valence-corrected chi connectivity index (χ2v) is 3.86. The van der Waals surface area contributed by atoms with Crippen LogP contribution in [0.15, 0.2) is 5.38 Å². The highest BCUT2D eigenvalue weighted by atomic mass is 32.1. The van der Waals surface area contributed by atoms with E-state index in [4.69, 9.17) is 4.74 Å². The summed E-state index contributed by atoms with van der Waals surface area (Å²) in [4.78, 5) is 4.40. The molecule has 0 aromatic carbocycles. The monoisotopic (exact) mass is 200 g/mol. The molecule has 0 aliphatic heterocycles. The first kappa shape index (κ1) is 10.5. The fraction of sp³-hybridized carbons (Fsp3) is 0.667. The quantitative estimate of drug-likeness (QED) is 0.791. The van der Waals surface area contributed by atoms with Gasteiger partial charge < -0.3 is 10.1 Å². The minimum atomic E-state index is 0.320. The summed E-state index contributed by atoms with van der Waals surface area (Å²) >= 11 is 1.65. The topological polar surface area (TPSA) is 34.1 Å². The molecule has 0 aliphatic carbocycles. The number of nitrogens with one attached hydrogen (secondary N) is 1. The van der Waals surface area contributed by atoms with Crippen molar-refractivity contribution in [1.82, 2.24) is 4.98 Å². The van der Waals surface area contributed by atoms with E-state index in [-0.39, 0.29) is 0 Å². The van der Waals surface area contributed by atoms with Gasteiger partial charge >= 0.3 is 0 Å². The van der Waals surface area contributed by atoms with Gasteiger partial charge in [0, 0.05) is 18.5 Å². The van der Waals surface area contributed by atoms with Crippen LogP contribution in [0.25, 0.3) is 0 Å². The van der Waals surface area contributed by atoms with Gasteiger partial charge in [0.2, 0.25) is 0 Å². The number of thiazole rings is 1. The fourth-order valence-corrected chi connectivity index (χ4v) is 1.94. The van der Waals surface area contributed by atoms with Gasteiger partial charge in [0.1, 0.15) is 0 Å². The third-order valence-corrected chi connectivity index (χ3v) is 2.52. The lowest BCUT2D eigenvalue weighted by atomic mass is 10.4. The van der Waals surface area contributed by atoms with Gasteiger partial charge in [-0.2, -0.15) is 0 Å². The molecule has 1 aromatic heterocycles. The maximum absolute atomic E-state index is 5.02. The average Bonchev–Trinajstić information content (AvgIpc) is 2.52. The predicted molar refractivity (Wildman–Crippen MR) is 56.5 cm³/mol.